The SMILES string of the molecule is CCN1c2ccc(/C=N\NC(=O)c3ccc([N+](=O)[O-])cc3)cc2C(C)CC1(C)C. The first-order valence-electron chi connectivity index (χ1n) is 9.72. The minimum Gasteiger partial charge on any atom is -0.366 e. The molecule has 0 fully saturated rings. The van der Waals surface area contributed by atoms with Gasteiger partial charge in [-0.1, -0.05) is 13.0 Å². The first-order valence-corrected chi connectivity index (χ1v) is 9.72. The highest BCUT2D eigenvalue weighted by Gasteiger charge is 2.35. The Kier molecular flexibility index (Phi) is 5.68. The van der Waals surface area contributed by atoms with Crippen molar-refractivity contribution < 1.29 is 9.72 Å². The third-order valence-electron chi connectivity index (χ3n) is 5.45. The van der Waals surface area contributed by atoms with Crippen LogP contribution < -0.4 is 10.3 Å². The number of nitro benzene ring substituents is 1. The molecule has 0 saturated heterocycles. The van der Waals surface area contributed by atoms with Crippen LogP contribution in [0, 0.1) is 10.1 Å². The number of carbonyl (C=O) groups is 1. The molecule has 1 aliphatic heterocycles. The van der Waals surface area contributed by atoms with Crippen molar-refractivity contribution in [3.8, 4) is 0 Å². The Morgan fingerprint density at radius 2 is 2.00 bits per heavy atom. The Hall–Kier alpha value is -3.22. The van der Waals surface area contributed by atoms with Crippen LogP contribution in [0.15, 0.2) is 47.6 Å². The summed E-state index contributed by atoms with van der Waals surface area (Å²) in [7, 11) is 0. The minimum absolute atomic E-state index is 0.0578. The minimum atomic E-state index is -0.502. The van der Waals surface area contributed by atoms with E-state index in [4.69, 9.17) is 0 Å². The molecule has 1 atom stereocenters. The summed E-state index contributed by atoms with van der Waals surface area (Å²) < 4.78 is 0. The largest absolute Gasteiger partial charge is 0.366 e. The number of hydrogen-bond acceptors (Lipinski definition) is 5. The molecular formula is C22H26N4O3. The van der Waals surface area contributed by atoms with E-state index in [-0.39, 0.29) is 11.2 Å². The maximum Gasteiger partial charge on any atom is 0.271 e. The highest BCUT2D eigenvalue weighted by molar-refractivity contribution is 5.95. The average molecular weight is 394 g/mol. The number of nitrogens with one attached hydrogen (secondary N) is 1. The van der Waals surface area contributed by atoms with Crippen LogP contribution in [0.4, 0.5) is 11.4 Å². The van der Waals surface area contributed by atoms with Crippen LogP contribution in [0.1, 0.15) is 61.5 Å². The lowest BCUT2D eigenvalue weighted by atomic mass is 9.79. The predicted octanol–water partition coefficient (Wildman–Crippen LogP) is 4.47. The van der Waals surface area contributed by atoms with Gasteiger partial charge in [-0.3, -0.25) is 14.9 Å². The van der Waals surface area contributed by atoms with E-state index in [0.29, 0.717) is 11.5 Å². The van der Waals surface area contributed by atoms with Crippen LogP contribution in [0.3, 0.4) is 0 Å². The Balaban J connectivity index is 1.72. The van der Waals surface area contributed by atoms with Crippen LogP contribution in [0.5, 0.6) is 0 Å². The number of hydrogen-bond donors (Lipinski definition) is 1. The van der Waals surface area contributed by atoms with Gasteiger partial charge in [0.2, 0.25) is 0 Å². The summed E-state index contributed by atoms with van der Waals surface area (Å²) >= 11 is 0. The Morgan fingerprint density at radius 3 is 2.62 bits per heavy atom. The third kappa shape index (κ3) is 4.29. The number of hydrazone groups is 1. The maximum atomic E-state index is 12.2. The summed E-state index contributed by atoms with van der Waals surface area (Å²) in [6.07, 6.45) is 2.69. The Morgan fingerprint density at radius 1 is 1.31 bits per heavy atom. The molecule has 0 radical (unpaired) electrons. The molecule has 1 heterocycles. The number of carbonyl (C=O) groups excluding carboxylic acids is 1. The van der Waals surface area contributed by atoms with Crippen molar-refractivity contribution >= 4 is 23.5 Å². The Labute approximate surface area is 170 Å². The fourth-order valence-corrected chi connectivity index (χ4v) is 4.15. The topological polar surface area (TPSA) is 87.8 Å². The van der Waals surface area contributed by atoms with E-state index in [9.17, 15) is 14.9 Å². The highest BCUT2D eigenvalue weighted by atomic mass is 16.6. The molecule has 0 bridgehead atoms. The molecule has 1 unspecified atom stereocenters. The zero-order valence-electron chi connectivity index (χ0n) is 17.2. The quantitative estimate of drug-likeness (QED) is 0.460. The summed E-state index contributed by atoms with van der Waals surface area (Å²) in [6, 6.07) is 11.6. The lowest BCUT2D eigenvalue weighted by Crippen LogP contribution is -2.48. The molecular weight excluding hydrogens is 368 g/mol. The van der Waals surface area contributed by atoms with E-state index < -0.39 is 10.8 Å². The molecule has 7 heteroatoms. The number of benzene rings is 2. The van der Waals surface area contributed by atoms with Crippen molar-refractivity contribution in [2.24, 2.45) is 5.10 Å². The summed E-state index contributed by atoms with van der Waals surface area (Å²) in [6.45, 7) is 9.92. The van der Waals surface area contributed by atoms with E-state index in [1.165, 1.54) is 35.5 Å². The van der Waals surface area contributed by atoms with Gasteiger partial charge >= 0.3 is 0 Å². The van der Waals surface area contributed by atoms with Crippen LogP contribution in [-0.4, -0.2) is 29.1 Å². The molecule has 152 valence electrons. The van der Waals surface area contributed by atoms with E-state index in [0.717, 1.165) is 18.5 Å². The smallest absolute Gasteiger partial charge is 0.271 e. The first-order chi connectivity index (χ1) is 13.7. The van der Waals surface area contributed by atoms with E-state index in [1.54, 1.807) is 6.21 Å². The average Bonchev–Trinajstić information content (AvgIpc) is 2.68. The van der Waals surface area contributed by atoms with Crippen molar-refractivity contribution in [1.29, 1.82) is 0 Å². The van der Waals surface area contributed by atoms with Crippen molar-refractivity contribution in [1.82, 2.24) is 5.43 Å². The number of rotatable bonds is 5. The van der Waals surface area contributed by atoms with Gasteiger partial charge in [0.15, 0.2) is 0 Å². The fraction of sp³-hybridized carbons (Fsp3) is 0.364. The summed E-state index contributed by atoms with van der Waals surface area (Å²) in [5.41, 5.74) is 6.30. The summed E-state index contributed by atoms with van der Waals surface area (Å²) in [5.74, 6) is 0.0206. The van der Waals surface area contributed by atoms with Gasteiger partial charge in [-0.2, -0.15) is 5.10 Å². The molecule has 0 spiro atoms. The van der Waals surface area contributed by atoms with Gasteiger partial charge in [0.25, 0.3) is 11.6 Å². The first kappa shape index (κ1) is 20.5. The summed E-state index contributed by atoms with van der Waals surface area (Å²) in [4.78, 5) is 24.8. The third-order valence-corrected chi connectivity index (χ3v) is 5.45. The van der Waals surface area contributed by atoms with Gasteiger partial charge in [0.1, 0.15) is 0 Å². The number of nitro groups is 1. The highest BCUT2D eigenvalue weighted by Crippen LogP contribution is 2.43. The van der Waals surface area contributed by atoms with Gasteiger partial charge in [0.05, 0.1) is 11.1 Å². The lowest BCUT2D eigenvalue weighted by molar-refractivity contribution is -0.384. The molecule has 29 heavy (non-hydrogen) atoms. The number of amides is 1. The molecule has 1 aliphatic rings. The molecule has 7 nitrogen and oxygen atoms in total. The van der Waals surface area contributed by atoms with Crippen molar-refractivity contribution in [3.63, 3.8) is 0 Å². The van der Waals surface area contributed by atoms with Crippen molar-refractivity contribution in [2.45, 2.75) is 45.6 Å². The second-order valence-electron chi connectivity index (χ2n) is 7.98. The number of anilines is 1. The standard InChI is InChI=1S/C22H26N4O3/c1-5-25-20-11-6-16(12-19(20)15(2)13-22(25,3)4)14-23-24-21(27)17-7-9-18(10-8-17)26(28)29/h6-12,14-15H,5,13H2,1-4H3,(H,24,27)/b23-14-. The molecule has 1 amide bonds. The zero-order valence-corrected chi connectivity index (χ0v) is 17.2. The van der Waals surface area contributed by atoms with Crippen LogP contribution in [0.25, 0.3) is 0 Å². The monoisotopic (exact) mass is 394 g/mol. The maximum absolute atomic E-state index is 12.2. The molecule has 2 aromatic carbocycles. The van der Waals surface area contributed by atoms with Gasteiger partial charge < -0.3 is 4.90 Å². The lowest BCUT2D eigenvalue weighted by Gasteiger charge is -2.47. The van der Waals surface area contributed by atoms with Gasteiger partial charge in [-0.05, 0) is 68.5 Å². The molecule has 1 N–H and O–H groups in total. The van der Waals surface area contributed by atoms with Gasteiger partial charge in [-0.15, -0.1) is 0 Å². The molecule has 0 saturated carbocycles. The zero-order chi connectivity index (χ0) is 21.2. The molecule has 0 aliphatic carbocycles. The fourth-order valence-electron chi connectivity index (χ4n) is 4.15. The summed E-state index contributed by atoms with van der Waals surface area (Å²) in [5, 5.41) is 14.7. The van der Waals surface area contributed by atoms with E-state index in [2.05, 4.69) is 55.3 Å². The van der Waals surface area contributed by atoms with Gasteiger partial charge in [-0.25, -0.2) is 5.43 Å². The Bertz CT molecular complexity index is 951. The second-order valence-corrected chi connectivity index (χ2v) is 7.98. The van der Waals surface area contributed by atoms with E-state index >= 15 is 0 Å². The van der Waals surface area contributed by atoms with Crippen molar-refractivity contribution in [2.75, 3.05) is 11.4 Å². The van der Waals surface area contributed by atoms with Crippen LogP contribution in [-0.2, 0) is 0 Å². The van der Waals surface area contributed by atoms with E-state index in [1.807, 2.05) is 6.07 Å². The number of nitrogens with zero attached hydrogens (tertiary/aromatic N) is 3. The molecule has 2 aromatic rings. The van der Waals surface area contributed by atoms with Gasteiger partial charge in [0, 0.05) is 35.5 Å². The second kappa shape index (κ2) is 8.03. The van der Waals surface area contributed by atoms with Crippen LogP contribution >= 0.6 is 0 Å². The normalized spacial score (nSPS) is 17.8. The predicted molar refractivity (Wildman–Crippen MR) is 115 cm³/mol. The molecule has 0 aromatic heterocycles. The number of non-ortho nitro benzene ring substituents is 1. The van der Waals surface area contributed by atoms with Crippen LogP contribution in [0.2, 0.25) is 0 Å². The van der Waals surface area contributed by atoms with Crippen molar-refractivity contribution in [3.05, 3.63) is 69.3 Å². The number of fused-ring (bicyclic) bond motifs is 1. The molecule has 3 rings (SSSR count).